The molecule has 2 aliphatic heterocycles. The summed E-state index contributed by atoms with van der Waals surface area (Å²) in [7, 11) is 0. The summed E-state index contributed by atoms with van der Waals surface area (Å²) in [4.78, 5) is 0. The van der Waals surface area contributed by atoms with Crippen molar-refractivity contribution in [1.29, 1.82) is 0 Å². The maximum absolute atomic E-state index is 8.21. The molecular weight excluding hydrogens is 212 g/mol. The first kappa shape index (κ1) is 13.9. The van der Waals surface area contributed by atoms with E-state index < -0.39 is 0 Å². The zero-order chi connectivity index (χ0) is 11.6. The van der Waals surface area contributed by atoms with Crippen molar-refractivity contribution in [1.82, 2.24) is 0 Å². The topological polar surface area (TPSA) is 74.8 Å². The molecule has 0 aliphatic carbocycles. The Kier molecular flexibility index (Phi) is 7.71. The summed E-state index contributed by atoms with van der Waals surface area (Å²) in [5, 5.41) is 16.4. The van der Waals surface area contributed by atoms with Gasteiger partial charge in [-0.1, -0.05) is 0 Å². The molecule has 5 heteroatoms. The van der Waals surface area contributed by atoms with E-state index in [1.807, 2.05) is 0 Å². The predicted octanol–water partition coefficient (Wildman–Crippen LogP) is -0.0581. The molecule has 5 nitrogen and oxygen atoms in total. The molecule has 0 bridgehead atoms. The summed E-state index contributed by atoms with van der Waals surface area (Å²) in [6.45, 7) is 3.76. The molecule has 16 heavy (non-hydrogen) atoms. The van der Waals surface area contributed by atoms with Crippen LogP contribution in [0.2, 0.25) is 0 Å². The van der Waals surface area contributed by atoms with Gasteiger partial charge in [0.2, 0.25) is 0 Å². The Balaban J connectivity index is 0.000000168. The van der Waals surface area contributed by atoms with Crippen molar-refractivity contribution >= 4 is 0 Å². The van der Waals surface area contributed by atoms with Crippen LogP contribution in [0.3, 0.4) is 0 Å². The lowest BCUT2D eigenvalue weighted by molar-refractivity contribution is 0.102. The van der Waals surface area contributed by atoms with Crippen molar-refractivity contribution in [3.63, 3.8) is 0 Å². The van der Waals surface area contributed by atoms with E-state index in [4.69, 9.17) is 24.4 Å². The number of unbranched alkanes of at least 4 members (excludes halogenated alkanes) is 2. The lowest BCUT2D eigenvalue weighted by Gasteiger charge is -1.95. The summed E-state index contributed by atoms with van der Waals surface area (Å²) in [6, 6.07) is 0. The SMILES string of the molecule is C(OCC1CO1)C1CO1.OCCCCCO. The standard InChI is InChI=1S/C6H10O3.C5H12O2/c1(5-3-8-5)7-2-6-4-9-6;6-4-2-1-3-5-7/h5-6H,1-4H2;6-7H,1-5H2. The summed E-state index contributed by atoms with van der Waals surface area (Å²) >= 11 is 0. The fourth-order valence-corrected chi connectivity index (χ4v) is 1.06. The number of hydrogen-bond donors (Lipinski definition) is 2. The Morgan fingerprint density at radius 1 is 0.875 bits per heavy atom. The van der Waals surface area contributed by atoms with Crippen LogP contribution >= 0.6 is 0 Å². The molecule has 2 atom stereocenters. The highest BCUT2D eigenvalue weighted by Gasteiger charge is 2.26. The van der Waals surface area contributed by atoms with Crippen molar-refractivity contribution < 1.29 is 24.4 Å². The Hall–Kier alpha value is -0.200. The van der Waals surface area contributed by atoms with Gasteiger partial charge in [-0.3, -0.25) is 0 Å². The van der Waals surface area contributed by atoms with Crippen LogP contribution in [0.15, 0.2) is 0 Å². The number of hydrogen-bond acceptors (Lipinski definition) is 5. The van der Waals surface area contributed by atoms with Crippen LogP contribution in [-0.4, -0.2) is 62.1 Å². The predicted molar refractivity (Wildman–Crippen MR) is 58.3 cm³/mol. The van der Waals surface area contributed by atoms with Crippen LogP contribution in [0, 0.1) is 0 Å². The first-order valence-corrected chi connectivity index (χ1v) is 5.89. The molecule has 2 fully saturated rings. The van der Waals surface area contributed by atoms with Crippen molar-refractivity contribution in [2.24, 2.45) is 0 Å². The first-order valence-electron chi connectivity index (χ1n) is 5.89. The van der Waals surface area contributed by atoms with E-state index in [2.05, 4.69) is 0 Å². The summed E-state index contributed by atoms with van der Waals surface area (Å²) in [5.74, 6) is 0. The third kappa shape index (κ3) is 9.06. The van der Waals surface area contributed by atoms with E-state index in [9.17, 15) is 0 Å². The number of aliphatic hydroxyl groups is 2. The van der Waals surface area contributed by atoms with Crippen molar-refractivity contribution in [3.05, 3.63) is 0 Å². The third-order valence-corrected chi connectivity index (χ3v) is 2.23. The van der Waals surface area contributed by atoms with Crippen LogP contribution in [0.1, 0.15) is 19.3 Å². The van der Waals surface area contributed by atoms with Gasteiger partial charge in [-0.05, 0) is 19.3 Å². The molecule has 2 aliphatic rings. The second-order valence-corrected chi connectivity index (χ2v) is 3.96. The Bertz CT molecular complexity index is 140. The molecule has 2 heterocycles. The van der Waals surface area contributed by atoms with Crippen LogP contribution in [0.25, 0.3) is 0 Å². The fraction of sp³-hybridized carbons (Fsp3) is 1.00. The van der Waals surface area contributed by atoms with Gasteiger partial charge in [-0.2, -0.15) is 0 Å². The minimum Gasteiger partial charge on any atom is -0.396 e. The van der Waals surface area contributed by atoms with Crippen LogP contribution in [0.4, 0.5) is 0 Å². The van der Waals surface area contributed by atoms with Gasteiger partial charge in [0.1, 0.15) is 12.2 Å². The highest BCUT2D eigenvalue weighted by Crippen LogP contribution is 2.12. The lowest BCUT2D eigenvalue weighted by Crippen LogP contribution is -2.06. The lowest BCUT2D eigenvalue weighted by atomic mass is 10.2. The summed E-state index contributed by atoms with van der Waals surface area (Å²) < 4.78 is 15.1. The van der Waals surface area contributed by atoms with Crippen LogP contribution in [0.5, 0.6) is 0 Å². The summed E-state index contributed by atoms with van der Waals surface area (Å²) in [5.41, 5.74) is 0. The number of epoxide rings is 2. The third-order valence-electron chi connectivity index (χ3n) is 2.23. The van der Waals surface area contributed by atoms with Crippen LogP contribution in [-0.2, 0) is 14.2 Å². The molecule has 0 radical (unpaired) electrons. The van der Waals surface area contributed by atoms with E-state index in [0.717, 1.165) is 45.7 Å². The second-order valence-electron chi connectivity index (χ2n) is 3.96. The van der Waals surface area contributed by atoms with E-state index in [0.29, 0.717) is 12.2 Å². The van der Waals surface area contributed by atoms with Gasteiger partial charge in [-0.15, -0.1) is 0 Å². The van der Waals surface area contributed by atoms with Crippen molar-refractivity contribution in [2.75, 3.05) is 39.6 Å². The molecule has 2 saturated heterocycles. The quantitative estimate of drug-likeness (QED) is 0.454. The summed E-state index contributed by atoms with van der Waals surface area (Å²) in [6.07, 6.45) is 3.36. The molecule has 0 spiro atoms. The molecule has 2 rings (SSSR count). The van der Waals surface area contributed by atoms with E-state index in [1.165, 1.54) is 0 Å². The monoisotopic (exact) mass is 234 g/mol. The Labute approximate surface area is 96.3 Å². The second kappa shape index (κ2) is 8.90. The maximum atomic E-state index is 8.21. The Morgan fingerprint density at radius 2 is 1.31 bits per heavy atom. The zero-order valence-electron chi connectivity index (χ0n) is 9.64. The molecule has 0 aromatic carbocycles. The number of ether oxygens (including phenoxy) is 3. The molecule has 0 saturated carbocycles. The molecule has 2 unspecified atom stereocenters. The molecule has 96 valence electrons. The minimum atomic E-state index is 0.250. The normalized spacial score (nSPS) is 25.9. The molecule has 0 amide bonds. The number of rotatable bonds is 8. The minimum absolute atomic E-state index is 0.250. The van der Waals surface area contributed by atoms with Gasteiger partial charge >= 0.3 is 0 Å². The fourth-order valence-electron chi connectivity index (χ4n) is 1.06. The van der Waals surface area contributed by atoms with Crippen LogP contribution < -0.4 is 0 Å². The molecule has 0 aromatic heterocycles. The largest absolute Gasteiger partial charge is 0.396 e. The molecule has 0 aromatic rings. The average Bonchev–Trinajstić information content (AvgIpc) is 3.14. The first-order chi connectivity index (χ1) is 7.86. The van der Waals surface area contributed by atoms with E-state index >= 15 is 0 Å². The zero-order valence-corrected chi connectivity index (χ0v) is 9.64. The van der Waals surface area contributed by atoms with Gasteiger partial charge in [0, 0.05) is 13.2 Å². The maximum Gasteiger partial charge on any atom is 0.104 e. The highest BCUT2D eigenvalue weighted by molar-refractivity contribution is 4.71. The average molecular weight is 234 g/mol. The van der Waals surface area contributed by atoms with Crippen molar-refractivity contribution in [2.45, 2.75) is 31.5 Å². The van der Waals surface area contributed by atoms with Gasteiger partial charge in [0.25, 0.3) is 0 Å². The smallest absolute Gasteiger partial charge is 0.104 e. The Morgan fingerprint density at radius 3 is 1.62 bits per heavy atom. The van der Waals surface area contributed by atoms with Gasteiger partial charge in [-0.25, -0.2) is 0 Å². The van der Waals surface area contributed by atoms with Crippen molar-refractivity contribution in [3.8, 4) is 0 Å². The van der Waals surface area contributed by atoms with E-state index in [-0.39, 0.29) is 13.2 Å². The van der Waals surface area contributed by atoms with Gasteiger partial charge < -0.3 is 24.4 Å². The van der Waals surface area contributed by atoms with E-state index in [1.54, 1.807) is 0 Å². The molecule has 2 N–H and O–H groups in total. The highest BCUT2D eigenvalue weighted by atomic mass is 16.6. The molecular formula is C11H22O5. The number of aliphatic hydroxyl groups excluding tert-OH is 2. The van der Waals surface area contributed by atoms with Gasteiger partial charge in [0.15, 0.2) is 0 Å². The van der Waals surface area contributed by atoms with Gasteiger partial charge in [0.05, 0.1) is 26.4 Å².